The lowest BCUT2D eigenvalue weighted by Crippen LogP contribution is -2.15. The highest BCUT2D eigenvalue weighted by molar-refractivity contribution is 9.10. The number of thiazole rings is 1. The Morgan fingerprint density at radius 2 is 2.22 bits per heavy atom. The van der Waals surface area contributed by atoms with E-state index in [-0.39, 0.29) is 10.4 Å². The van der Waals surface area contributed by atoms with Crippen molar-refractivity contribution in [2.75, 3.05) is 0 Å². The number of aryl methyl sites for hydroxylation is 1. The van der Waals surface area contributed by atoms with E-state index >= 15 is 0 Å². The predicted octanol–water partition coefficient (Wildman–Crippen LogP) is 2.73. The molecule has 1 aromatic heterocycles. The Hall–Kier alpha value is -1.40. The number of halogens is 1. The minimum Gasteiger partial charge on any atom is -0.478 e. The molecule has 0 atom stereocenters. The first-order valence-electron chi connectivity index (χ1n) is 5.15. The van der Waals surface area contributed by atoms with Crippen molar-refractivity contribution < 1.29 is 9.90 Å². The molecule has 2 rings (SSSR count). The van der Waals surface area contributed by atoms with Gasteiger partial charge < -0.3 is 5.11 Å². The minimum absolute atomic E-state index is 0.0123. The van der Waals surface area contributed by atoms with Crippen molar-refractivity contribution in [1.82, 2.24) is 4.57 Å². The molecule has 4 nitrogen and oxygen atoms in total. The molecule has 0 aliphatic heterocycles. The molecule has 1 aromatic carbocycles. The number of carboxylic acid groups (broad SMARTS) is 1. The molecule has 0 fully saturated rings. The minimum atomic E-state index is -0.967. The molecule has 1 N–H and O–H groups in total. The van der Waals surface area contributed by atoms with Gasteiger partial charge in [-0.3, -0.25) is 9.36 Å². The largest absolute Gasteiger partial charge is 0.478 e. The average molecular weight is 328 g/mol. The summed E-state index contributed by atoms with van der Waals surface area (Å²) in [6.45, 7) is 2.31. The van der Waals surface area contributed by atoms with Crippen LogP contribution in [-0.4, -0.2) is 15.6 Å². The van der Waals surface area contributed by atoms with Crippen molar-refractivity contribution in [3.63, 3.8) is 0 Å². The van der Waals surface area contributed by atoms with Gasteiger partial charge in [-0.2, -0.15) is 0 Å². The SMILES string of the molecule is Cc1csc(=O)n1Cc1ccc(C(=O)O)cc1Br. The lowest BCUT2D eigenvalue weighted by molar-refractivity contribution is 0.0697. The summed E-state index contributed by atoms with van der Waals surface area (Å²) in [6.07, 6.45) is 0. The number of carbonyl (C=O) groups is 1. The van der Waals surface area contributed by atoms with E-state index in [0.717, 1.165) is 22.6 Å². The molecule has 0 radical (unpaired) electrons. The van der Waals surface area contributed by atoms with Gasteiger partial charge in [-0.15, -0.1) is 0 Å². The number of hydrogen-bond acceptors (Lipinski definition) is 3. The van der Waals surface area contributed by atoms with Gasteiger partial charge >= 0.3 is 10.8 Å². The Balaban J connectivity index is 2.36. The third-order valence-corrected chi connectivity index (χ3v) is 4.22. The second-order valence-electron chi connectivity index (χ2n) is 3.84. The zero-order chi connectivity index (χ0) is 13.3. The molecule has 94 valence electrons. The highest BCUT2D eigenvalue weighted by atomic mass is 79.9. The van der Waals surface area contributed by atoms with Crippen molar-refractivity contribution >= 4 is 33.2 Å². The summed E-state index contributed by atoms with van der Waals surface area (Å²) < 4.78 is 2.35. The summed E-state index contributed by atoms with van der Waals surface area (Å²) in [5.41, 5.74) is 2.00. The zero-order valence-electron chi connectivity index (χ0n) is 9.51. The Labute approximate surface area is 116 Å². The number of hydrogen-bond donors (Lipinski definition) is 1. The van der Waals surface area contributed by atoms with E-state index in [4.69, 9.17) is 5.11 Å². The molecule has 0 amide bonds. The van der Waals surface area contributed by atoms with Crippen molar-refractivity contribution in [1.29, 1.82) is 0 Å². The van der Waals surface area contributed by atoms with Crippen LogP contribution in [0.4, 0.5) is 0 Å². The quantitative estimate of drug-likeness (QED) is 0.942. The molecule has 0 spiro atoms. The van der Waals surface area contributed by atoms with Crippen molar-refractivity contribution in [2.45, 2.75) is 13.5 Å². The molecule has 0 saturated heterocycles. The fourth-order valence-electron chi connectivity index (χ4n) is 1.58. The first-order chi connectivity index (χ1) is 8.49. The number of carboxylic acids is 1. The first kappa shape index (κ1) is 13.0. The van der Waals surface area contributed by atoms with Crippen LogP contribution in [0.3, 0.4) is 0 Å². The van der Waals surface area contributed by atoms with E-state index in [2.05, 4.69) is 15.9 Å². The van der Waals surface area contributed by atoms with Gasteiger partial charge in [0.25, 0.3) is 0 Å². The van der Waals surface area contributed by atoms with Crippen LogP contribution < -0.4 is 4.87 Å². The van der Waals surface area contributed by atoms with E-state index in [1.54, 1.807) is 16.7 Å². The lowest BCUT2D eigenvalue weighted by Gasteiger charge is -2.07. The molecule has 0 aliphatic carbocycles. The molecule has 1 heterocycles. The van der Waals surface area contributed by atoms with Gasteiger partial charge in [-0.1, -0.05) is 33.3 Å². The Morgan fingerprint density at radius 3 is 2.72 bits per heavy atom. The summed E-state index contributed by atoms with van der Waals surface area (Å²) in [4.78, 5) is 22.4. The van der Waals surface area contributed by atoms with Crippen LogP contribution >= 0.6 is 27.3 Å². The van der Waals surface area contributed by atoms with Gasteiger partial charge in [0.2, 0.25) is 0 Å². The molecular formula is C12H10BrNO3S. The Kier molecular flexibility index (Phi) is 3.68. The number of rotatable bonds is 3. The van der Waals surface area contributed by atoms with Gasteiger partial charge in [-0.25, -0.2) is 4.79 Å². The molecule has 0 aliphatic rings. The molecule has 18 heavy (non-hydrogen) atoms. The van der Waals surface area contributed by atoms with E-state index in [0.29, 0.717) is 11.0 Å². The normalized spacial score (nSPS) is 10.6. The van der Waals surface area contributed by atoms with Gasteiger partial charge in [0, 0.05) is 15.5 Å². The predicted molar refractivity (Wildman–Crippen MR) is 73.5 cm³/mol. The molecular weight excluding hydrogens is 318 g/mol. The fraction of sp³-hybridized carbons (Fsp3) is 0.167. The van der Waals surface area contributed by atoms with Crippen LogP contribution in [-0.2, 0) is 6.54 Å². The van der Waals surface area contributed by atoms with Gasteiger partial charge in [0.05, 0.1) is 12.1 Å². The van der Waals surface area contributed by atoms with Crippen LogP contribution in [0.5, 0.6) is 0 Å². The highest BCUT2D eigenvalue weighted by Gasteiger charge is 2.09. The van der Waals surface area contributed by atoms with E-state index in [9.17, 15) is 9.59 Å². The number of benzene rings is 1. The number of aromatic carboxylic acids is 1. The van der Waals surface area contributed by atoms with Crippen LogP contribution in [0.15, 0.2) is 32.8 Å². The molecule has 0 unspecified atom stereocenters. The van der Waals surface area contributed by atoms with E-state index in [1.165, 1.54) is 6.07 Å². The summed E-state index contributed by atoms with van der Waals surface area (Å²) in [6, 6.07) is 4.80. The maximum Gasteiger partial charge on any atom is 0.335 e. The standard InChI is InChI=1S/C12H10BrNO3S/c1-7-6-18-12(17)14(7)5-9-3-2-8(11(15)16)4-10(9)13/h2-4,6H,5H2,1H3,(H,15,16). The first-order valence-corrected chi connectivity index (χ1v) is 6.83. The van der Waals surface area contributed by atoms with Gasteiger partial charge in [0.15, 0.2) is 0 Å². The van der Waals surface area contributed by atoms with Crippen molar-refractivity contribution in [3.05, 3.63) is 54.5 Å². The van der Waals surface area contributed by atoms with Crippen molar-refractivity contribution in [3.8, 4) is 0 Å². The number of aromatic nitrogens is 1. The van der Waals surface area contributed by atoms with Crippen LogP contribution in [0.2, 0.25) is 0 Å². The maximum atomic E-state index is 11.6. The molecule has 2 aromatic rings. The summed E-state index contributed by atoms with van der Waals surface area (Å²) >= 11 is 4.50. The maximum absolute atomic E-state index is 11.6. The molecule has 6 heteroatoms. The third-order valence-electron chi connectivity index (χ3n) is 2.60. The molecule has 0 saturated carbocycles. The van der Waals surface area contributed by atoms with Gasteiger partial charge in [-0.05, 0) is 24.6 Å². The second-order valence-corrected chi connectivity index (χ2v) is 5.52. The van der Waals surface area contributed by atoms with Crippen molar-refractivity contribution in [2.24, 2.45) is 0 Å². The Morgan fingerprint density at radius 1 is 1.50 bits per heavy atom. The van der Waals surface area contributed by atoms with E-state index < -0.39 is 5.97 Å². The smallest absolute Gasteiger partial charge is 0.335 e. The number of nitrogens with zero attached hydrogens (tertiary/aromatic N) is 1. The fourth-order valence-corrected chi connectivity index (χ4v) is 2.81. The topological polar surface area (TPSA) is 59.3 Å². The third kappa shape index (κ3) is 2.54. The lowest BCUT2D eigenvalue weighted by atomic mass is 10.1. The monoisotopic (exact) mass is 327 g/mol. The van der Waals surface area contributed by atoms with Gasteiger partial charge in [0.1, 0.15) is 0 Å². The van der Waals surface area contributed by atoms with Crippen LogP contribution in [0.25, 0.3) is 0 Å². The summed E-state index contributed by atoms with van der Waals surface area (Å²) in [7, 11) is 0. The second kappa shape index (κ2) is 5.07. The average Bonchev–Trinajstić information content (AvgIpc) is 2.63. The van der Waals surface area contributed by atoms with Crippen LogP contribution in [0.1, 0.15) is 21.6 Å². The Bertz CT molecular complexity index is 660. The van der Waals surface area contributed by atoms with Crippen LogP contribution in [0, 0.1) is 6.92 Å². The van der Waals surface area contributed by atoms with E-state index in [1.807, 2.05) is 12.3 Å². The molecule has 0 bridgehead atoms. The highest BCUT2D eigenvalue weighted by Crippen LogP contribution is 2.20. The summed E-state index contributed by atoms with van der Waals surface area (Å²) in [5, 5.41) is 10.7. The summed E-state index contributed by atoms with van der Waals surface area (Å²) in [5.74, 6) is -0.967. The zero-order valence-corrected chi connectivity index (χ0v) is 11.9.